The fourth-order valence-electron chi connectivity index (χ4n) is 4.37. The second kappa shape index (κ2) is 10.0. The van der Waals surface area contributed by atoms with Gasteiger partial charge in [0.25, 0.3) is 0 Å². The van der Waals surface area contributed by atoms with Gasteiger partial charge in [0, 0.05) is 17.4 Å². The fourth-order valence-corrected chi connectivity index (χ4v) is 4.59. The molecule has 170 valence electrons. The van der Waals surface area contributed by atoms with Gasteiger partial charge in [0.2, 0.25) is 0 Å². The average molecular weight is 453 g/mol. The highest BCUT2D eigenvalue weighted by Gasteiger charge is 2.46. The van der Waals surface area contributed by atoms with E-state index in [9.17, 15) is 20.4 Å². The predicted octanol–water partition coefficient (Wildman–Crippen LogP) is 1.31. The van der Waals surface area contributed by atoms with Gasteiger partial charge in [-0.25, -0.2) is 0 Å². The lowest BCUT2D eigenvalue weighted by Crippen LogP contribution is -2.60. The maximum absolute atomic E-state index is 10.4. The van der Waals surface area contributed by atoms with Gasteiger partial charge in [-0.1, -0.05) is 29.8 Å². The highest BCUT2D eigenvalue weighted by atomic mass is 35.5. The van der Waals surface area contributed by atoms with Crippen molar-refractivity contribution >= 4 is 11.6 Å². The van der Waals surface area contributed by atoms with Gasteiger partial charge in [-0.15, -0.1) is 0 Å². The van der Waals surface area contributed by atoms with Crippen LogP contribution in [-0.2, 0) is 15.9 Å². The van der Waals surface area contributed by atoms with Crippen molar-refractivity contribution in [2.75, 3.05) is 19.8 Å². The van der Waals surface area contributed by atoms with Gasteiger partial charge in [0.1, 0.15) is 36.3 Å². The normalized spacial score (nSPS) is 36.1. The van der Waals surface area contributed by atoms with Crippen LogP contribution >= 0.6 is 11.6 Å². The molecule has 7 atom stereocenters. The fraction of sp³-hybridized carbons (Fsp3) is 0.565. The molecule has 0 spiro atoms. The highest BCUT2D eigenvalue weighted by molar-refractivity contribution is 6.31. The van der Waals surface area contributed by atoms with Gasteiger partial charge < -0.3 is 34.6 Å². The highest BCUT2D eigenvalue weighted by Crippen LogP contribution is 2.36. The van der Waals surface area contributed by atoms with Crippen molar-refractivity contribution in [1.29, 1.82) is 0 Å². The molecule has 3 aliphatic rings. The summed E-state index contributed by atoms with van der Waals surface area (Å²) in [7, 11) is 0. The van der Waals surface area contributed by atoms with Crippen LogP contribution in [-0.4, -0.2) is 76.9 Å². The number of halogens is 1. The summed E-state index contributed by atoms with van der Waals surface area (Å²) in [6.07, 6.45) is 0.118. The van der Waals surface area contributed by atoms with E-state index in [4.69, 9.17) is 25.8 Å². The van der Waals surface area contributed by atoms with Gasteiger partial charge in [0.05, 0.1) is 25.9 Å². The Morgan fingerprint density at radius 3 is 2.52 bits per heavy atom. The van der Waals surface area contributed by atoms with Crippen molar-refractivity contribution in [2.45, 2.75) is 55.9 Å². The summed E-state index contributed by atoms with van der Waals surface area (Å²) in [5.74, 6) is 0.565. The molecule has 0 amide bonds. The third-order valence-electron chi connectivity index (χ3n) is 6.19. The molecule has 7 nitrogen and oxygen atoms in total. The van der Waals surface area contributed by atoms with Gasteiger partial charge in [-0.2, -0.15) is 0 Å². The Morgan fingerprint density at radius 2 is 1.84 bits per heavy atom. The van der Waals surface area contributed by atoms with Crippen LogP contribution in [0.4, 0.5) is 0 Å². The van der Waals surface area contributed by atoms with E-state index in [1.54, 1.807) is 6.08 Å². The molecular weight excluding hydrogens is 424 g/mol. The Hall–Kier alpha value is -1.45. The molecule has 2 saturated heterocycles. The number of hydrogen-bond acceptors (Lipinski definition) is 7. The summed E-state index contributed by atoms with van der Waals surface area (Å²) in [6.45, 7) is 0.914. The SMILES string of the molecule is OC[C@H]1O[C@@H](C2C=CC(Cl)=C(Cc3ccc(O[C@H]4CCOC4)cc3)C2)[C@H](O)[C@@H](O)[C@@H]1O. The molecule has 2 heterocycles. The van der Waals surface area contributed by atoms with Crippen molar-refractivity contribution in [3.63, 3.8) is 0 Å². The number of aliphatic hydroxyl groups is 4. The molecule has 0 aromatic heterocycles. The molecule has 1 unspecified atom stereocenters. The zero-order valence-corrected chi connectivity index (χ0v) is 17.9. The zero-order chi connectivity index (χ0) is 22.0. The second-order valence-electron chi connectivity index (χ2n) is 8.40. The molecule has 0 saturated carbocycles. The van der Waals surface area contributed by atoms with Gasteiger partial charge in [0.15, 0.2) is 0 Å². The number of aliphatic hydroxyl groups excluding tert-OH is 4. The van der Waals surface area contributed by atoms with E-state index in [1.807, 2.05) is 30.3 Å². The van der Waals surface area contributed by atoms with Crippen LogP contribution in [0.5, 0.6) is 5.75 Å². The van der Waals surface area contributed by atoms with Crippen LogP contribution in [0.3, 0.4) is 0 Å². The Labute approximate surface area is 186 Å². The molecule has 2 aliphatic heterocycles. The molecule has 1 aromatic rings. The summed E-state index contributed by atoms with van der Waals surface area (Å²) < 4.78 is 17.0. The van der Waals surface area contributed by atoms with Crippen molar-refractivity contribution in [3.8, 4) is 5.75 Å². The number of rotatable bonds is 6. The van der Waals surface area contributed by atoms with E-state index in [2.05, 4.69) is 0 Å². The molecule has 1 aliphatic carbocycles. The summed E-state index contributed by atoms with van der Waals surface area (Å²) >= 11 is 6.45. The molecule has 1 aromatic carbocycles. The predicted molar refractivity (Wildman–Crippen MR) is 114 cm³/mol. The number of allylic oxidation sites excluding steroid dienone is 3. The standard InChI is InChI=1S/C23H29ClO7/c24-18-6-3-14(23-22(28)21(27)20(26)19(11-25)31-23)10-15(18)9-13-1-4-16(5-2-13)30-17-7-8-29-12-17/h1-6,14,17,19-23,25-28H,7-12H2/t14?,17-,19+,20+,21-,22+,23-/m0/s1. The van der Waals surface area contributed by atoms with E-state index in [-0.39, 0.29) is 12.0 Å². The van der Waals surface area contributed by atoms with E-state index in [1.165, 1.54) is 0 Å². The van der Waals surface area contributed by atoms with Crippen LogP contribution in [0.25, 0.3) is 0 Å². The number of hydrogen-bond donors (Lipinski definition) is 4. The van der Waals surface area contributed by atoms with E-state index in [0.717, 1.165) is 29.9 Å². The minimum absolute atomic E-state index is 0.103. The maximum Gasteiger partial charge on any atom is 0.124 e. The first-order valence-electron chi connectivity index (χ1n) is 10.7. The lowest BCUT2D eigenvalue weighted by atomic mass is 9.81. The van der Waals surface area contributed by atoms with Crippen molar-refractivity contribution < 1.29 is 34.6 Å². The summed E-state index contributed by atoms with van der Waals surface area (Å²) in [6, 6.07) is 7.89. The van der Waals surface area contributed by atoms with E-state index >= 15 is 0 Å². The van der Waals surface area contributed by atoms with E-state index < -0.39 is 37.1 Å². The molecule has 4 rings (SSSR count). The van der Waals surface area contributed by atoms with Crippen molar-refractivity contribution in [1.82, 2.24) is 0 Å². The topological polar surface area (TPSA) is 109 Å². The lowest BCUT2D eigenvalue weighted by molar-refractivity contribution is -0.237. The minimum atomic E-state index is -1.38. The minimum Gasteiger partial charge on any atom is -0.488 e. The summed E-state index contributed by atoms with van der Waals surface area (Å²) in [5, 5.41) is 40.6. The van der Waals surface area contributed by atoms with Crippen LogP contribution in [0, 0.1) is 5.92 Å². The Kier molecular flexibility index (Phi) is 7.33. The second-order valence-corrected chi connectivity index (χ2v) is 8.80. The van der Waals surface area contributed by atoms with Gasteiger partial charge in [-0.3, -0.25) is 0 Å². The Morgan fingerprint density at radius 1 is 1.06 bits per heavy atom. The molecule has 31 heavy (non-hydrogen) atoms. The average Bonchev–Trinajstić information content (AvgIpc) is 3.28. The summed E-state index contributed by atoms with van der Waals surface area (Å²) in [4.78, 5) is 0. The first-order valence-corrected chi connectivity index (χ1v) is 11.0. The van der Waals surface area contributed by atoms with Gasteiger partial charge >= 0.3 is 0 Å². The van der Waals surface area contributed by atoms with Crippen molar-refractivity contribution in [2.24, 2.45) is 5.92 Å². The first kappa shape index (κ1) is 22.7. The summed E-state index contributed by atoms with van der Waals surface area (Å²) in [5.41, 5.74) is 2.06. The zero-order valence-electron chi connectivity index (χ0n) is 17.1. The quantitative estimate of drug-likeness (QED) is 0.515. The lowest BCUT2D eigenvalue weighted by Gasteiger charge is -2.43. The van der Waals surface area contributed by atoms with Crippen LogP contribution in [0.15, 0.2) is 47.0 Å². The van der Waals surface area contributed by atoms with Crippen LogP contribution < -0.4 is 4.74 Å². The first-order chi connectivity index (χ1) is 15.0. The Balaban J connectivity index is 1.40. The number of ether oxygens (including phenoxy) is 3. The monoisotopic (exact) mass is 452 g/mol. The molecular formula is C23H29ClO7. The maximum atomic E-state index is 10.4. The smallest absolute Gasteiger partial charge is 0.124 e. The molecule has 4 N–H and O–H groups in total. The van der Waals surface area contributed by atoms with Gasteiger partial charge in [-0.05, 0) is 42.2 Å². The van der Waals surface area contributed by atoms with Crippen LogP contribution in [0.1, 0.15) is 18.4 Å². The van der Waals surface area contributed by atoms with Crippen LogP contribution in [0.2, 0.25) is 0 Å². The Bertz CT molecular complexity index is 801. The third-order valence-corrected chi connectivity index (χ3v) is 6.59. The third kappa shape index (κ3) is 5.14. The molecule has 8 heteroatoms. The molecule has 0 radical (unpaired) electrons. The molecule has 2 fully saturated rings. The largest absolute Gasteiger partial charge is 0.488 e. The molecule has 0 bridgehead atoms. The van der Waals surface area contributed by atoms with Crippen molar-refractivity contribution in [3.05, 3.63) is 52.6 Å². The number of benzene rings is 1. The van der Waals surface area contributed by atoms with E-state index in [0.29, 0.717) is 24.5 Å².